The Morgan fingerprint density at radius 1 is 1.00 bits per heavy atom. The predicted molar refractivity (Wildman–Crippen MR) is 112 cm³/mol. The summed E-state index contributed by atoms with van der Waals surface area (Å²) in [6.07, 6.45) is 1.76. The highest BCUT2D eigenvalue weighted by Crippen LogP contribution is 2.23. The van der Waals surface area contributed by atoms with Crippen molar-refractivity contribution in [1.29, 1.82) is 0 Å². The van der Waals surface area contributed by atoms with E-state index in [-0.39, 0.29) is 5.56 Å². The van der Waals surface area contributed by atoms with Gasteiger partial charge >= 0.3 is 0 Å². The van der Waals surface area contributed by atoms with Gasteiger partial charge in [-0.1, -0.05) is 0 Å². The smallest absolute Gasteiger partial charge is 0.258 e. The fraction of sp³-hybridized carbons (Fsp3) is 0.333. The molecule has 3 aromatic heterocycles. The van der Waals surface area contributed by atoms with Gasteiger partial charge in [-0.3, -0.25) is 19.0 Å². The lowest BCUT2D eigenvalue weighted by Crippen LogP contribution is -2.45. The van der Waals surface area contributed by atoms with Crippen molar-refractivity contribution in [2.75, 3.05) is 26.2 Å². The molecule has 0 amide bonds. The number of halogens is 2. The maximum absolute atomic E-state index is 12.3. The average Bonchev–Trinajstić information content (AvgIpc) is 3.02. The van der Waals surface area contributed by atoms with Crippen LogP contribution in [0.5, 0.6) is 0 Å². The molecule has 1 aliphatic rings. The Hall–Kier alpha value is -1.06. The predicted octanol–water partition coefficient (Wildman–Crippen LogP) is 3.60. The molecule has 1 saturated heterocycles. The standard InChI is InChI=1S/C18H18Br2N4OS/c19-13-1-4-17-21-14(9-18(25)24(17)10-13)11-22-5-7-23(8-6-22)12-15-2-3-16(20)26-15/h1-4,9-10H,5-8,11-12H2. The fourth-order valence-corrected chi connectivity index (χ4v) is 5.06. The first-order chi connectivity index (χ1) is 12.6. The first-order valence-electron chi connectivity index (χ1n) is 8.43. The molecule has 0 atom stereocenters. The summed E-state index contributed by atoms with van der Waals surface area (Å²) in [5.74, 6) is 0. The van der Waals surface area contributed by atoms with Crippen molar-refractivity contribution in [3.05, 3.63) is 65.7 Å². The fourth-order valence-electron chi connectivity index (χ4n) is 3.20. The molecule has 4 heterocycles. The third-order valence-corrected chi connectivity index (χ3v) is 6.61. The molecule has 1 fully saturated rings. The second kappa shape index (κ2) is 7.90. The first-order valence-corrected chi connectivity index (χ1v) is 10.8. The summed E-state index contributed by atoms with van der Waals surface area (Å²) >= 11 is 8.72. The molecule has 136 valence electrons. The molecule has 4 rings (SSSR count). The number of thiophene rings is 1. The van der Waals surface area contributed by atoms with Crippen LogP contribution >= 0.6 is 43.2 Å². The van der Waals surface area contributed by atoms with Crippen LogP contribution in [0.2, 0.25) is 0 Å². The topological polar surface area (TPSA) is 40.9 Å². The summed E-state index contributed by atoms with van der Waals surface area (Å²) in [5.41, 5.74) is 1.50. The van der Waals surface area contributed by atoms with Gasteiger partial charge in [0.25, 0.3) is 5.56 Å². The van der Waals surface area contributed by atoms with Gasteiger partial charge in [0.2, 0.25) is 0 Å². The van der Waals surface area contributed by atoms with Gasteiger partial charge < -0.3 is 0 Å². The third-order valence-electron chi connectivity index (χ3n) is 4.54. The van der Waals surface area contributed by atoms with Crippen molar-refractivity contribution < 1.29 is 0 Å². The number of fused-ring (bicyclic) bond motifs is 1. The number of hydrogen-bond acceptors (Lipinski definition) is 5. The summed E-state index contributed by atoms with van der Waals surface area (Å²) in [6.45, 7) is 5.79. The van der Waals surface area contributed by atoms with E-state index in [2.05, 4.69) is 58.8 Å². The van der Waals surface area contributed by atoms with Crippen LogP contribution < -0.4 is 5.56 Å². The lowest BCUT2D eigenvalue weighted by molar-refractivity contribution is 0.122. The van der Waals surface area contributed by atoms with E-state index in [0.29, 0.717) is 5.65 Å². The van der Waals surface area contributed by atoms with Gasteiger partial charge in [-0.05, 0) is 56.1 Å². The van der Waals surface area contributed by atoms with Gasteiger partial charge in [-0.15, -0.1) is 11.3 Å². The molecule has 0 N–H and O–H groups in total. The van der Waals surface area contributed by atoms with E-state index < -0.39 is 0 Å². The summed E-state index contributed by atoms with van der Waals surface area (Å²) in [6, 6.07) is 9.72. The molecule has 8 heteroatoms. The minimum Gasteiger partial charge on any atom is -0.296 e. The molecular formula is C18H18Br2N4OS. The van der Waals surface area contributed by atoms with Gasteiger partial charge in [0.05, 0.1) is 9.48 Å². The number of hydrogen-bond donors (Lipinski definition) is 0. The quantitative estimate of drug-likeness (QED) is 0.552. The highest BCUT2D eigenvalue weighted by Gasteiger charge is 2.18. The normalized spacial score (nSPS) is 16.4. The molecule has 0 spiro atoms. The summed E-state index contributed by atoms with van der Waals surface area (Å²) < 4.78 is 3.63. The molecule has 0 saturated carbocycles. The van der Waals surface area contributed by atoms with Crippen molar-refractivity contribution in [1.82, 2.24) is 19.2 Å². The SMILES string of the molecule is O=c1cc(CN2CCN(Cc3ccc(Br)s3)CC2)nc2ccc(Br)cn12. The Morgan fingerprint density at radius 2 is 1.73 bits per heavy atom. The van der Waals surface area contributed by atoms with E-state index in [1.54, 1.807) is 28.0 Å². The maximum Gasteiger partial charge on any atom is 0.258 e. The van der Waals surface area contributed by atoms with Crippen LogP contribution in [0.15, 0.2) is 49.6 Å². The minimum absolute atomic E-state index is 0.0341. The summed E-state index contributed by atoms with van der Waals surface area (Å²) in [5, 5.41) is 0. The number of pyridine rings is 1. The zero-order valence-electron chi connectivity index (χ0n) is 14.1. The van der Waals surface area contributed by atoms with Crippen molar-refractivity contribution in [3.8, 4) is 0 Å². The Bertz CT molecular complexity index is 979. The van der Waals surface area contributed by atoms with Crippen molar-refractivity contribution >= 4 is 48.8 Å². The summed E-state index contributed by atoms with van der Waals surface area (Å²) in [7, 11) is 0. The van der Waals surface area contributed by atoms with E-state index in [0.717, 1.165) is 49.4 Å². The molecule has 0 radical (unpaired) electrons. The molecule has 26 heavy (non-hydrogen) atoms. The van der Waals surface area contributed by atoms with Gasteiger partial charge in [-0.2, -0.15) is 0 Å². The lowest BCUT2D eigenvalue weighted by Gasteiger charge is -2.34. The van der Waals surface area contributed by atoms with Crippen LogP contribution in [-0.2, 0) is 13.1 Å². The van der Waals surface area contributed by atoms with Crippen molar-refractivity contribution in [3.63, 3.8) is 0 Å². The zero-order valence-corrected chi connectivity index (χ0v) is 18.1. The van der Waals surface area contributed by atoms with E-state index >= 15 is 0 Å². The molecule has 0 unspecified atom stereocenters. The third kappa shape index (κ3) is 4.26. The van der Waals surface area contributed by atoms with Gasteiger partial charge in [0.15, 0.2) is 0 Å². The van der Waals surface area contributed by atoms with Crippen molar-refractivity contribution in [2.24, 2.45) is 0 Å². The van der Waals surface area contributed by atoms with Gasteiger partial charge in [-0.25, -0.2) is 4.98 Å². The molecule has 3 aromatic rings. The monoisotopic (exact) mass is 496 g/mol. The van der Waals surface area contributed by atoms with Gasteiger partial charge in [0.1, 0.15) is 5.65 Å². The van der Waals surface area contributed by atoms with Crippen LogP contribution in [0.4, 0.5) is 0 Å². The summed E-state index contributed by atoms with van der Waals surface area (Å²) in [4.78, 5) is 23.2. The highest BCUT2D eigenvalue weighted by atomic mass is 79.9. The minimum atomic E-state index is -0.0341. The van der Waals surface area contributed by atoms with E-state index in [1.165, 1.54) is 8.66 Å². The Morgan fingerprint density at radius 3 is 2.42 bits per heavy atom. The Labute approximate surface area is 172 Å². The van der Waals surface area contributed by atoms with Crippen LogP contribution in [0, 0.1) is 0 Å². The number of rotatable bonds is 4. The van der Waals surface area contributed by atoms with Crippen LogP contribution in [0.3, 0.4) is 0 Å². The average molecular weight is 498 g/mol. The number of nitrogens with zero attached hydrogens (tertiary/aromatic N) is 4. The Kier molecular flexibility index (Phi) is 5.56. The van der Waals surface area contributed by atoms with Gasteiger partial charge in [0, 0.05) is 60.9 Å². The highest BCUT2D eigenvalue weighted by molar-refractivity contribution is 9.11. The maximum atomic E-state index is 12.3. The van der Waals surface area contributed by atoms with Crippen LogP contribution in [0.25, 0.3) is 5.65 Å². The van der Waals surface area contributed by atoms with E-state index in [9.17, 15) is 4.79 Å². The molecule has 5 nitrogen and oxygen atoms in total. The molecule has 0 bridgehead atoms. The second-order valence-electron chi connectivity index (χ2n) is 6.42. The van der Waals surface area contributed by atoms with Crippen LogP contribution in [-0.4, -0.2) is 45.4 Å². The molecule has 0 aromatic carbocycles. The number of piperazine rings is 1. The molecule has 1 aliphatic heterocycles. The van der Waals surface area contributed by atoms with Crippen LogP contribution in [0.1, 0.15) is 10.6 Å². The van der Waals surface area contributed by atoms with E-state index in [1.807, 2.05) is 12.1 Å². The van der Waals surface area contributed by atoms with Crippen molar-refractivity contribution in [2.45, 2.75) is 13.1 Å². The molecular weight excluding hydrogens is 480 g/mol. The lowest BCUT2D eigenvalue weighted by atomic mass is 10.2. The number of aromatic nitrogens is 2. The Balaban J connectivity index is 1.39. The second-order valence-corrected chi connectivity index (χ2v) is 9.88. The van der Waals surface area contributed by atoms with E-state index in [4.69, 9.17) is 0 Å². The molecule has 0 aliphatic carbocycles. The largest absolute Gasteiger partial charge is 0.296 e. The first kappa shape index (κ1) is 18.3. The zero-order chi connectivity index (χ0) is 18.1.